The summed E-state index contributed by atoms with van der Waals surface area (Å²) in [6.07, 6.45) is 1.12. The summed E-state index contributed by atoms with van der Waals surface area (Å²) in [7, 11) is 1.67. The Balaban J connectivity index is 2.69. The first kappa shape index (κ1) is 12.8. The minimum absolute atomic E-state index is 0.317. The van der Waals surface area contributed by atoms with Gasteiger partial charge in [-0.1, -0.05) is 26.3 Å². The smallest absolute Gasteiger partial charge is 0.120 e. The van der Waals surface area contributed by atoms with Crippen molar-refractivity contribution < 1.29 is 4.74 Å². The number of benzene rings is 1. The lowest BCUT2D eigenvalue weighted by Gasteiger charge is -2.24. The molecule has 1 aromatic rings. The summed E-state index contributed by atoms with van der Waals surface area (Å²) >= 11 is 0. The fourth-order valence-corrected chi connectivity index (χ4v) is 1.64. The van der Waals surface area contributed by atoms with Crippen molar-refractivity contribution in [2.75, 3.05) is 19.0 Å². The highest BCUT2D eigenvalue weighted by Crippen LogP contribution is 2.19. The van der Waals surface area contributed by atoms with Gasteiger partial charge in [-0.05, 0) is 18.1 Å². The van der Waals surface area contributed by atoms with Crippen LogP contribution in [0.3, 0.4) is 0 Å². The molecule has 0 saturated carbocycles. The van der Waals surface area contributed by atoms with Crippen molar-refractivity contribution in [2.45, 2.75) is 26.3 Å². The third-order valence-electron chi connectivity index (χ3n) is 3.01. The van der Waals surface area contributed by atoms with Gasteiger partial charge in [-0.15, -0.1) is 0 Å². The van der Waals surface area contributed by atoms with E-state index in [0.717, 1.165) is 17.9 Å². The molecule has 2 unspecified atom stereocenters. The number of hydrogen-bond donors (Lipinski definition) is 2. The number of nitrogens with one attached hydrogen (secondary N) is 1. The Bertz CT molecular complexity index is 315. The van der Waals surface area contributed by atoms with E-state index in [1.807, 2.05) is 24.3 Å². The highest BCUT2D eigenvalue weighted by Gasteiger charge is 2.13. The monoisotopic (exact) mass is 222 g/mol. The fraction of sp³-hybridized carbons (Fsp3) is 0.538. The average molecular weight is 222 g/mol. The van der Waals surface area contributed by atoms with E-state index in [0.29, 0.717) is 18.5 Å². The van der Waals surface area contributed by atoms with Crippen LogP contribution in [-0.2, 0) is 0 Å². The van der Waals surface area contributed by atoms with Crippen molar-refractivity contribution in [2.24, 2.45) is 11.7 Å². The molecular weight excluding hydrogens is 200 g/mol. The van der Waals surface area contributed by atoms with Crippen molar-refractivity contribution in [3.05, 3.63) is 24.3 Å². The van der Waals surface area contributed by atoms with Gasteiger partial charge in [0.15, 0.2) is 0 Å². The first-order chi connectivity index (χ1) is 7.71. The molecule has 0 aliphatic carbocycles. The molecule has 0 radical (unpaired) electrons. The number of hydrogen-bond acceptors (Lipinski definition) is 3. The van der Waals surface area contributed by atoms with Crippen LogP contribution in [0.15, 0.2) is 24.3 Å². The van der Waals surface area contributed by atoms with Crippen molar-refractivity contribution in [1.29, 1.82) is 0 Å². The zero-order valence-electron chi connectivity index (χ0n) is 10.4. The molecule has 16 heavy (non-hydrogen) atoms. The molecule has 1 rings (SSSR count). The lowest BCUT2D eigenvalue weighted by Crippen LogP contribution is -2.34. The zero-order valence-corrected chi connectivity index (χ0v) is 10.4. The molecule has 0 aliphatic heterocycles. The van der Waals surface area contributed by atoms with Crippen LogP contribution in [0.1, 0.15) is 20.3 Å². The molecule has 0 aromatic heterocycles. The highest BCUT2D eigenvalue weighted by molar-refractivity contribution is 5.49. The molecule has 0 fully saturated rings. The predicted octanol–water partition coefficient (Wildman–Crippen LogP) is 2.48. The van der Waals surface area contributed by atoms with Crippen molar-refractivity contribution in [3.63, 3.8) is 0 Å². The molecule has 0 saturated heterocycles. The Morgan fingerprint density at radius 3 is 2.75 bits per heavy atom. The van der Waals surface area contributed by atoms with Crippen LogP contribution in [0.2, 0.25) is 0 Å². The van der Waals surface area contributed by atoms with E-state index < -0.39 is 0 Å². The Labute approximate surface area is 98.0 Å². The lowest BCUT2D eigenvalue weighted by atomic mass is 9.99. The van der Waals surface area contributed by atoms with Crippen molar-refractivity contribution >= 4 is 5.69 Å². The number of nitrogens with two attached hydrogens (primary N) is 1. The number of anilines is 1. The second-order valence-electron chi connectivity index (χ2n) is 4.10. The van der Waals surface area contributed by atoms with Crippen molar-refractivity contribution in [3.8, 4) is 5.75 Å². The van der Waals surface area contributed by atoms with Crippen LogP contribution in [0.25, 0.3) is 0 Å². The number of methoxy groups -OCH3 is 1. The van der Waals surface area contributed by atoms with Gasteiger partial charge >= 0.3 is 0 Å². The summed E-state index contributed by atoms with van der Waals surface area (Å²) in [6.45, 7) is 5.04. The lowest BCUT2D eigenvalue weighted by molar-refractivity contribution is 0.414. The van der Waals surface area contributed by atoms with Gasteiger partial charge in [-0.25, -0.2) is 0 Å². The van der Waals surface area contributed by atoms with E-state index in [1.165, 1.54) is 0 Å². The predicted molar refractivity (Wildman–Crippen MR) is 68.9 cm³/mol. The molecule has 3 heteroatoms. The van der Waals surface area contributed by atoms with Gasteiger partial charge in [0, 0.05) is 24.3 Å². The van der Waals surface area contributed by atoms with E-state index in [2.05, 4.69) is 19.2 Å². The van der Waals surface area contributed by atoms with Crippen LogP contribution in [0.4, 0.5) is 5.69 Å². The fourth-order valence-electron chi connectivity index (χ4n) is 1.64. The van der Waals surface area contributed by atoms with Gasteiger partial charge < -0.3 is 15.8 Å². The van der Waals surface area contributed by atoms with Gasteiger partial charge in [-0.2, -0.15) is 0 Å². The first-order valence-corrected chi connectivity index (χ1v) is 5.81. The van der Waals surface area contributed by atoms with Crippen LogP contribution in [0, 0.1) is 5.92 Å². The molecular formula is C13H22N2O. The molecule has 0 bridgehead atoms. The maximum atomic E-state index is 5.77. The van der Waals surface area contributed by atoms with Gasteiger partial charge in [-0.3, -0.25) is 0 Å². The van der Waals surface area contributed by atoms with Gasteiger partial charge in [0.25, 0.3) is 0 Å². The standard InChI is InChI=1S/C13H22N2O/c1-4-10(2)13(9-14)15-11-6-5-7-12(8-11)16-3/h5-8,10,13,15H,4,9,14H2,1-3H3. The molecule has 2 atom stereocenters. The van der Waals surface area contributed by atoms with Gasteiger partial charge in [0.1, 0.15) is 5.75 Å². The Morgan fingerprint density at radius 2 is 2.19 bits per heavy atom. The molecule has 0 aliphatic rings. The van der Waals surface area contributed by atoms with Gasteiger partial charge in [0.2, 0.25) is 0 Å². The Morgan fingerprint density at radius 1 is 1.44 bits per heavy atom. The summed E-state index contributed by atoms with van der Waals surface area (Å²) in [4.78, 5) is 0. The van der Waals surface area contributed by atoms with E-state index in [9.17, 15) is 0 Å². The summed E-state index contributed by atoms with van der Waals surface area (Å²) in [6, 6.07) is 8.26. The SMILES string of the molecule is CCC(C)C(CN)Nc1cccc(OC)c1. The molecule has 90 valence electrons. The molecule has 0 amide bonds. The van der Waals surface area contributed by atoms with E-state index in [4.69, 9.17) is 10.5 Å². The Kier molecular flexibility index (Phi) is 5.12. The molecule has 1 aromatic carbocycles. The summed E-state index contributed by atoms with van der Waals surface area (Å²) < 4.78 is 5.19. The third kappa shape index (κ3) is 3.42. The summed E-state index contributed by atoms with van der Waals surface area (Å²) in [5.74, 6) is 1.43. The normalized spacial score (nSPS) is 14.2. The number of rotatable bonds is 6. The minimum atomic E-state index is 0.317. The summed E-state index contributed by atoms with van der Waals surface area (Å²) in [5.41, 5.74) is 6.84. The van der Waals surface area contributed by atoms with E-state index >= 15 is 0 Å². The maximum Gasteiger partial charge on any atom is 0.120 e. The average Bonchev–Trinajstić information content (AvgIpc) is 2.35. The van der Waals surface area contributed by atoms with Crippen LogP contribution in [-0.4, -0.2) is 19.7 Å². The highest BCUT2D eigenvalue weighted by atomic mass is 16.5. The van der Waals surface area contributed by atoms with Crippen LogP contribution < -0.4 is 15.8 Å². The minimum Gasteiger partial charge on any atom is -0.497 e. The molecule has 3 nitrogen and oxygen atoms in total. The molecule has 0 spiro atoms. The van der Waals surface area contributed by atoms with Crippen molar-refractivity contribution in [1.82, 2.24) is 0 Å². The van der Waals surface area contributed by atoms with Gasteiger partial charge in [0.05, 0.1) is 7.11 Å². The van der Waals surface area contributed by atoms with Crippen LogP contribution >= 0.6 is 0 Å². The van der Waals surface area contributed by atoms with E-state index in [1.54, 1.807) is 7.11 Å². The molecule has 0 heterocycles. The van der Waals surface area contributed by atoms with E-state index in [-0.39, 0.29) is 0 Å². The van der Waals surface area contributed by atoms with Crippen LogP contribution in [0.5, 0.6) is 5.75 Å². The topological polar surface area (TPSA) is 47.3 Å². The second-order valence-corrected chi connectivity index (χ2v) is 4.10. The Hall–Kier alpha value is -1.22. The summed E-state index contributed by atoms with van der Waals surface area (Å²) in [5, 5.41) is 3.45. The quantitative estimate of drug-likeness (QED) is 0.777. The first-order valence-electron chi connectivity index (χ1n) is 5.81. The third-order valence-corrected chi connectivity index (χ3v) is 3.01. The molecule has 3 N–H and O–H groups in total. The number of ether oxygens (including phenoxy) is 1. The zero-order chi connectivity index (χ0) is 12.0. The largest absolute Gasteiger partial charge is 0.497 e. The maximum absolute atomic E-state index is 5.77. The second kappa shape index (κ2) is 6.38.